The molecule has 72 valence electrons. The van der Waals surface area contributed by atoms with Crippen molar-refractivity contribution in [3.8, 4) is 0 Å². The number of nitrogens with zero attached hydrogens (tertiary/aromatic N) is 2. The first-order chi connectivity index (χ1) is 6.15. The molecule has 0 saturated carbocycles. The van der Waals surface area contributed by atoms with E-state index >= 15 is 0 Å². The van der Waals surface area contributed by atoms with Crippen molar-refractivity contribution < 1.29 is 9.90 Å². The molecule has 1 amide bonds. The van der Waals surface area contributed by atoms with Gasteiger partial charge in [0.15, 0.2) is 5.69 Å². The van der Waals surface area contributed by atoms with E-state index in [-0.39, 0.29) is 19.1 Å². The van der Waals surface area contributed by atoms with Gasteiger partial charge in [-0.15, -0.1) is 0 Å². The number of nitrogens with one attached hydrogen (secondary N) is 1. The second-order valence-corrected chi connectivity index (χ2v) is 3.27. The lowest BCUT2D eigenvalue weighted by molar-refractivity contribution is 0.0939. The normalized spacial score (nSPS) is 10.1. The zero-order valence-corrected chi connectivity index (χ0v) is 8.71. The van der Waals surface area contributed by atoms with Crippen molar-refractivity contribution in [2.45, 2.75) is 0 Å². The van der Waals surface area contributed by atoms with E-state index in [0.29, 0.717) is 5.69 Å². The summed E-state index contributed by atoms with van der Waals surface area (Å²) >= 11 is 3.22. The lowest BCUT2D eigenvalue weighted by atomic mass is 10.4. The fourth-order valence-electron chi connectivity index (χ4n) is 0.815. The summed E-state index contributed by atoms with van der Waals surface area (Å²) < 4.78 is 2.29. The summed E-state index contributed by atoms with van der Waals surface area (Å²) in [5, 5.41) is 14.9. The van der Waals surface area contributed by atoms with Crippen LogP contribution in [0.3, 0.4) is 0 Å². The van der Waals surface area contributed by atoms with Gasteiger partial charge in [-0.05, 0) is 15.9 Å². The number of aromatic nitrogens is 2. The number of aliphatic hydroxyl groups is 1. The molecule has 1 rings (SSSR count). The third-order valence-electron chi connectivity index (χ3n) is 1.45. The fourth-order valence-corrected chi connectivity index (χ4v) is 1.11. The molecule has 0 fully saturated rings. The molecule has 0 unspecified atom stereocenters. The smallest absolute Gasteiger partial charge is 0.271 e. The van der Waals surface area contributed by atoms with Crippen LogP contribution in [0.1, 0.15) is 10.5 Å². The zero-order chi connectivity index (χ0) is 9.84. The first-order valence-corrected chi connectivity index (χ1v) is 4.53. The highest BCUT2D eigenvalue weighted by Gasteiger charge is 2.09. The third-order valence-corrected chi connectivity index (χ3v) is 2.19. The molecule has 13 heavy (non-hydrogen) atoms. The topological polar surface area (TPSA) is 67.2 Å². The largest absolute Gasteiger partial charge is 0.395 e. The third kappa shape index (κ3) is 2.53. The maximum Gasteiger partial charge on any atom is 0.271 e. The van der Waals surface area contributed by atoms with E-state index in [1.165, 1.54) is 0 Å². The lowest BCUT2D eigenvalue weighted by Gasteiger charge is -1.97. The van der Waals surface area contributed by atoms with Gasteiger partial charge < -0.3 is 10.4 Å². The summed E-state index contributed by atoms with van der Waals surface area (Å²) in [6.07, 6.45) is 0. The van der Waals surface area contributed by atoms with Crippen LogP contribution in [0.2, 0.25) is 0 Å². The Balaban J connectivity index is 2.66. The van der Waals surface area contributed by atoms with Gasteiger partial charge in [-0.2, -0.15) is 5.10 Å². The van der Waals surface area contributed by atoms with Crippen LogP contribution in [-0.4, -0.2) is 33.9 Å². The number of rotatable bonds is 3. The van der Waals surface area contributed by atoms with Crippen LogP contribution in [0.25, 0.3) is 0 Å². The molecular weight excluding hydrogens is 238 g/mol. The zero-order valence-electron chi connectivity index (χ0n) is 7.12. The molecule has 1 aromatic heterocycles. The second kappa shape index (κ2) is 4.38. The summed E-state index contributed by atoms with van der Waals surface area (Å²) in [5.74, 6) is -0.282. The van der Waals surface area contributed by atoms with E-state index in [0.717, 1.165) is 4.60 Å². The quantitative estimate of drug-likeness (QED) is 0.785. The van der Waals surface area contributed by atoms with Crippen LogP contribution < -0.4 is 5.32 Å². The highest BCUT2D eigenvalue weighted by atomic mass is 79.9. The van der Waals surface area contributed by atoms with E-state index in [1.54, 1.807) is 17.8 Å². The first kappa shape index (κ1) is 10.2. The predicted octanol–water partition coefficient (Wildman–Crippen LogP) is -0.0953. The summed E-state index contributed by atoms with van der Waals surface area (Å²) in [7, 11) is 1.73. The van der Waals surface area contributed by atoms with Gasteiger partial charge in [0.1, 0.15) is 4.60 Å². The number of carbonyl (C=O) groups excluding carboxylic acids is 1. The van der Waals surface area contributed by atoms with Crippen molar-refractivity contribution in [2.75, 3.05) is 13.2 Å². The molecule has 0 aliphatic carbocycles. The lowest BCUT2D eigenvalue weighted by Crippen LogP contribution is -2.26. The molecular formula is C7H10BrN3O2. The minimum absolute atomic E-state index is 0.0697. The Hall–Kier alpha value is -0.880. The van der Waals surface area contributed by atoms with Crippen molar-refractivity contribution in [3.05, 3.63) is 16.4 Å². The van der Waals surface area contributed by atoms with Crippen molar-refractivity contribution in [3.63, 3.8) is 0 Å². The van der Waals surface area contributed by atoms with Crippen molar-refractivity contribution in [1.82, 2.24) is 15.1 Å². The van der Waals surface area contributed by atoms with E-state index in [4.69, 9.17) is 5.11 Å². The van der Waals surface area contributed by atoms with E-state index < -0.39 is 0 Å². The number of aliphatic hydroxyl groups excluding tert-OH is 1. The van der Waals surface area contributed by atoms with Gasteiger partial charge in [0.05, 0.1) is 6.61 Å². The molecule has 0 aliphatic heterocycles. The van der Waals surface area contributed by atoms with Crippen LogP contribution >= 0.6 is 15.9 Å². The summed E-state index contributed by atoms with van der Waals surface area (Å²) in [5.41, 5.74) is 0.336. The van der Waals surface area contributed by atoms with Crippen LogP contribution in [-0.2, 0) is 7.05 Å². The van der Waals surface area contributed by atoms with Crippen LogP contribution in [0.5, 0.6) is 0 Å². The Morgan fingerprint density at radius 3 is 3.00 bits per heavy atom. The Bertz CT molecular complexity index is 291. The molecule has 0 spiro atoms. The average Bonchev–Trinajstić information content (AvgIpc) is 2.43. The number of aryl methyl sites for hydroxylation is 1. The Labute approximate surface area is 83.9 Å². The number of carbonyl (C=O) groups is 1. The van der Waals surface area contributed by atoms with Crippen molar-refractivity contribution in [1.29, 1.82) is 0 Å². The molecule has 0 aromatic carbocycles. The van der Waals surface area contributed by atoms with Crippen LogP contribution in [0.15, 0.2) is 10.7 Å². The minimum atomic E-state index is -0.282. The van der Waals surface area contributed by atoms with Gasteiger partial charge in [0.25, 0.3) is 5.91 Å². The Kier molecular flexibility index (Phi) is 3.44. The van der Waals surface area contributed by atoms with Gasteiger partial charge in [-0.25, -0.2) is 0 Å². The molecule has 1 heterocycles. The van der Waals surface area contributed by atoms with Crippen molar-refractivity contribution >= 4 is 21.8 Å². The molecule has 0 saturated heterocycles. The molecule has 1 aromatic rings. The van der Waals surface area contributed by atoms with Gasteiger partial charge in [0.2, 0.25) is 0 Å². The maximum atomic E-state index is 11.3. The number of halogens is 1. The predicted molar refractivity (Wildman–Crippen MR) is 50.3 cm³/mol. The van der Waals surface area contributed by atoms with E-state index in [9.17, 15) is 4.79 Å². The standard InChI is InChI=1S/C7H10BrN3O2/c1-11-6(8)4-5(10-11)7(13)9-2-3-12/h4,12H,2-3H2,1H3,(H,9,13). The summed E-state index contributed by atoms with van der Waals surface area (Å²) in [6, 6.07) is 1.62. The van der Waals surface area contributed by atoms with Gasteiger partial charge in [0, 0.05) is 19.7 Å². The van der Waals surface area contributed by atoms with Crippen LogP contribution in [0, 0.1) is 0 Å². The van der Waals surface area contributed by atoms with Gasteiger partial charge >= 0.3 is 0 Å². The highest BCUT2D eigenvalue weighted by molar-refractivity contribution is 9.10. The fraction of sp³-hybridized carbons (Fsp3) is 0.429. The van der Waals surface area contributed by atoms with E-state index in [2.05, 4.69) is 26.3 Å². The maximum absolute atomic E-state index is 11.3. The van der Waals surface area contributed by atoms with E-state index in [1.807, 2.05) is 0 Å². The first-order valence-electron chi connectivity index (χ1n) is 3.73. The average molecular weight is 248 g/mol. The summed E-state index contributed by atoms with van der Waals surface area (Å²) in [6.45, 7) is 0.173. The monoisotopic (exact) mass is 247 g/mol. The number of hydrogen-bond acceptors (Lipinski definition) is 3. The Morgan fingerprint density at radius 2 is 2.54 bits per heavy atom. The molecule has 0 bridgehead atoms. The Morgan fingerprint density at radius 1 is 1.85 bits per heavy atom. The minimum Gasteiger partial charge on any atom is -0.395 e. The summed E-state index contributed by atoms with van der Waals surface area (Å²) in [4.78, 5) is 11.3. The van der Waals surface area contributed by atoms with Gasteiger partial charge in [-0.1, -0.05) is 0 Å². The SMILES string of the molecule is Cn1nc(C(=O)NCCO)cc1Br. The molecule has 2 N–H and O–H groups in total. The molecule has 0 radical (unpaired) electrons. The molecule has 0 aliphatic rings. The second-order valence-electron chi connectivity index (χ2n) is 2.46. The van der Waals surface area contributed by atoms with Crippen LogP contribution in [0.4, 0.5) is 0 Å². The van der Waals surface area contributed by atoms with Crippen molar-refractivity contribution in [2.24, 2.45) is 7.05 Å². The molecule has 5 nitrogen and oxygen atoms in total. The highest BCUT2D eigenvalue weighted by Crippen LogP contribution is 2.09. The molecule has 6 heteroatoms. The number of hydrogen-bond donors (Lipinski definition) is 2. The van der Waals surface area contributed by atoms with Gasteiger partial charge in [-0.3, -0.25) is 9.48 Å². The number of amides is 1. The molecule has 0 atom stereocenters.